The third kappa shape index (κ3) is 1.82. The molecule has 0 amide bonds. The van der Waals surface area contributed by atoms with Gasteiger partial charge in [0.05, 0.1) is 5.69 Å². The molecule has 2 aromatic rings. The van der Waals surface area contributed by atoms with Crippen LogP contribution < -0.4 is 0 Å². The first-order valence-corrected chi connectivity index (χ1v) is 4.19. The predicted molar refractivity (Wildman–Crippen MR) is 51.3 cm³/mol. The van der Waals surface area contributed by atoms with Crippen LogP contribution in [0.4, 0.5) is 10.1 Å². The molecule has 5 heteroatoms. The fourth-order valence-electron chi connectivity index (χ4n) is 1.24. The molecule has 0 spiro atoms. The van der Waals surface area contributed by atoms with Crippen molar-refractivity contribution in [1.82, 2.24) is 9.78 Å². The number of nitrogens with zero attached hydrogens (tertiary/aromatic N) is 3. The zero-order valence-corrected chi connectivity index (χ0v) is 7.59. The van der Waals surface area contributed by atoms with Crippen LogP contribution in [0.2, 0.25) is 0 Å². The van der Waals surface area contributed by atoms with Crippen LogP contribution in [0.25, 0.3) is 5.69 Å². The Labute approximate surface area is 84.7 Å². The molecule has 0 aliphatic heterocycles. The Balaban J connectivity index is 2.60. The highest BCUT2D eigenvalue weighted by atomic mass is 19.1. The van der Waals surface area contributed by atoms with E-state index in [1.807, 2.05) is 0 Å². The summed E-state index contributed by atoms with van der Waals surface area (Å²) in [6, 6.07) is 5.65. The highest BCUT2D eigenvalue weighted by Crippen LogP contribution is 2.23. The van der Waals surface area contributed by atoms with E-state index in [9.17, 15) is 9.18 Å². The van der Waals surface area contributed by atoms with Gasteiger partial charge >= 0.3 is 0 Å². The molecule has 0 radical (unpaired) electrons. The largest absolute Gasteiger partial charge is 0.240 e. The van der Waals surface area contributed by atoms with Crippen LogP contribution in [0.15, 0.2) is 41.7 Å². The van der Waals surface area contributed by atoms with Crippen molar-refractivity contribution in [3.8, 4) is 5.69 Å². The molecular formula is C10H6FN3O. The second-order valence-electron chi connectivity index (χ2n) is 2.79. The van der Waals surface area contributed by atoms with Gasteiger partial charge in [-0.25, -0.2) is 13.9 Å². The normalized spacial score (nSPS) is 9.67. The van der Waals surface area contributed by atoms with Gasteiger partial charge in [0.2, 0.25) is 6.08 Å². The molecule has 2 rings (SSSR count). The number of hydrogen-bond acceptors (Lipinski definition) is 3. The Morgan fingerprint density at radius 3 is 3.00 bits per heavy atom. The molecule has 0 atom stereocenters. The summed E-state index contributed by atoms with van der Waals surface area (Å²) in [6.07, 6.45) is 4.64. The zero-order chi connectivity index (χ0) is 10.7. The van der Waals surface area contributed by atoms with Crippen molar-refractivity contribution in [2.24, 2.45) is 4.99 Å². The summed E-state index contributed by atoms with van der Waals surface area (Å²) in [4.78, 5) is 13.6. The number of hydrogen-bond donors (Lipinski definition) is 0. The molecule has 4 nitrogen and oxygen atoms in total. The fourth-order valence-corrected chi connectivity index (χ4v) is 1.24. The van der Waals surface area contributed by atoms with Gasteiger partial charge in [-0.05, 0) is 18.2 Å². The van der Waals surface area contributed by atoms with Crippen LogP contribution in [0.3, 0.4) is 0 Å². The van der Waals surface area contributed by atoms with Crippen LogP contribution in [0.1, 0.15) is 0 Å². The lowest BCUT2D eigenvalue weighted by molar-refractivity contribution is 0.565. The first-order chi connectivity index (χ1) is 7.31. The highest BCUT2D eigenvalue weighted by molar-refractivity contribution is 5.61. The molecule has 1 heterocycles. The molecule has 0 unspecified atom stereocenters. The molecule has 0 fully saturated rings. The maximum absolute atomic E-state index is 12.9. The first-order valence-electron chi connectivity index (χ1n) is 4.19. The number of carbonyl (C=O) groups excluding carboxylic acids is 1. The average Bonchev–Trinajstić information content (AvgIpc) is 2.71. The van der Waals surface area contributed by atoms with Crippen LogP contribution >= 0.6 is 0 Å². The number of aliphatic imine (C=N–C) groups is 1. The summed E-state index contributed by atoms with van der Waals surface area (Å²) >= 11 is 0. The summed E-state index contributed by atoms with van der Waals surface area (Å²) in [5, 5.41) is 3.96. The van der Waals surface area contributed by atoms with E-state index >= 15 is 0 Å². The summed E-state index contributed by atoms with van der Waals surface area (Å²) in [6.45, 7) is 0. The molecule has 0 N–H and O–H groups in total. The zero-order valence-electron chi connectivity index (χ0n) is 7.59. The molecule has 1 aromatic heterocycles. The molecule has 0 bridgehead atoms. The maximum Gasteiger partial charge on any atom is 0.240 e. The van der Waals surface area contributed by atoms with Crippen molar-refractivity contribution in [2.75, 3.05) is 0 Å². The quantitative estimate of drug-likeness (QED) is 0.553. The first kappa shape index (κ1) is 9.30. The molecule has 0 aliphatic rings. The Hall–Kier alpha value is -2.26. The van der Waals surface area contributed by atoms with Crippen LogP contribution in [-0.2, 0) is 4.79 Å². The van der Waals surface area contributed by atoms with Crippen molar-refractivity contribution >= 4 is 11.8 Å². The Bertz CT molecular complexity index is 515. The van der Waals surface area contributed by atoms with E-state index in [0.717, 1.165) is 6.07 Å². The monoisotopic (exact) mass is 203 g/mol. The van der Waals surface area contributed by atoms with Crippen LogP contribution in [0, 0.1) is 5.82 Å². The van der Waals surface area contributed by atoms with Gasteiger partial charge in [-0.1, -0.05) is 0 Å². The second-order valence-corrected chi connectivity index (χ2v) is 2.79. The minimum absolute atomic E-state index is 0.203. The number of benzene rings is 1. The lowest BCUT2D eigenvalue weighted by Gasteiger charge is -2.03. The lowest BCUT2D eigenvalue weighted by Crippen LogP contribution is -1.94. The average molecular weight is 203 g/mol. The minimum Gasteiger partial charge on any atom is -0.239 e. The van der Waals surface area contributed by atoms with Crippen molar-refractivity contribution in [3.63, 3.8) is 0 Å². The summed E-state index contributed by atoms with van der Waals surface area (Å²) in [5.41, 5.74) is 0.735. The molecule has 15 heavy (non-hydrogen) atoms. The summed E-state index contributed by atoms with van der Waals surface area (Å²) < 4.78 is 14.4. The number of halogens is 1. The Kier molecular flexibility index (Phi) is 2.39. The van der Waals surface area contributed by atoms with Gasteiger partial charge in [0.25, 0.3) is 0 Å². The third-order valence-corrected chi connectivity index (χ3v) is 1.85. The van der Waals surface area contributed by atoms with Crippen molar-refractivity contribution in [3.05, 3.63) is 42.5 Å². The molecular weight excluding hydrogens is 197 g/mol. The smallest absolute Gasteiger partial charge is 0.239 e. The molecule has 0 saturated carbocycles. The standard InChI is InChI=1S/C10H6FN3O/c11-8-2-3-10(9(6-8)12-7-15)14-5-1-4-13-14/h1-6H. The van der Waals surface area contributed by atoms with Gasteiger partial charge in [-0.15, -0.1) is 0 Å². The number of rotatable bonds is 2. The Morgan fingerprint density at radius 2 is 2.33 bits per heavy atom. The molecule has 1 aromatic carbocycles. The topological polar surface area (TPSA) is 47.2 Å². The van der Waals surface area contributed by atoms with Gasteiger partial charge in [0.1, 0.15) is 11.5 Å². The number of aromatic nitrogens is 2. The van der Waals surface area contributed by atoms with E-state index in [1.54, 1.807) is 18.5 Å². The van der Waals surface area contributed by atoms with Crippen LogP contribution in [-0.4, -0.2) is 15.9 Å². The Morgan fingerprint density at radius 1 is 1.47 bits per heavy atom. The third-order valence-electron chi connectivity index (χ3n) is 1.85. The van der Waals surface area contributed by atoms with Crippen molar-refractivity contribution < 1.29 is 9.18 Å². The van der Waals surface area contributed by atoms with Gasteiger partial charge in [-0.3, -0.25) is 0 Å². The van der Waals surface area contributed by atoms with E-state index in [0.29, 0.717) is 5.69 Å². The van der Waals surface area contributed by atoms with Gasteiger partial charge in [0, 0.05) is 18.5 Å². The van der Waals surface area contributed by atoms with Gasteiger partial charge < -0.3 is 0 Å². The number of isocyanates is 1. The van der Waals surface area contributed by atoms with Crippen LogP contribution in [0.5, 0.6) is 0 Å². The summed E-state index contributed by atoms with van der Waals surface area (Å²) in [5.74, 6) is -0.458. The van der Waals surface area contributed by atoms with E-state index in [1.165, 1.54) is 22.9 Å². The molecule has 0 saturated heterocycles. The molecule has 74 valence electrons. The second kappa shape index (κ2) is 3.86. The fraction of sp³-hybridized carbons (Fsp3) is 0. The van der Waals surface area contributed by atoms with Crippen molar-refractivity contribution in [1.29, 1.82) is 0 Å². The molecule has 0 aliphatic carbocycles. The summed E-state index contributed by atoms with van der Waals surface area (Å²) in [7, 11) is 0. The maximum atomic E-state index is 12.9. The van der Waals surface area contributed by atoms with E-state index in [-0.39, 0.29) is 5.69 Å². The van der Waals surface area contributed by atoms with E-state index < -0.39 is 5.82 Å². The van der Waals surface area contributed by atoms with Gasteiger partial charge in [0.15, 0.2) is 0 Å². The minimum atomic E-state index is -0.458. The highest BCUT2D eigenvalue weighted by Gasteiger charge is 2.05. The van der Waals surface area contributed by atoms with Gasteiger partial charge in [-0.2, -0.15) is 10.1 Å². The van der Waals surface area contributed by atoms with Crippen molar-refractivity contribution in [2.45, 2.75) is 0 Å². The SMILES string of the molecule is O=C=Nc1cc(F)ccc1-n1cccn1. The predicted octanol–water partition coefficient (Wildman–Crippen LogP) is 1.98. The van der Waals surface area contributed by atoms with E-state index in [2.05, 4.69) is 10.1 Å². The lowest BCUT2D eigenvalue weighted by atomic mass is 10.2. The van der Waals surface area contributed by atoms with E-state index in [4.69, 9.17) is 0 Å².